The Labute approximate surface area is 147 Å². The van der Waals surface area contributed by atoms with Crippen LogP contribution in [0.5, 0.6) is 5.75 Å². The van der Waals surface area contributed by atoms with Gasteiger partial charge in [-0.3, -0.25) is 25.8 Å². The normalized spacial score (nSPS) is 10.2. The summed E-state index contributed by atoms with van der Waals surface area (Å²) in [6, 6.07) is 7.33. The van der Waals surface area contributed by atoms with Gasteiger partial charge in [-0.15, -0.1) is 0 Å². The van der Waals surface area contributed by atoms with Crippen molar-refractivity contribution in [2.75, 3.05) is 7.11 Å². The molecule has 0 spiro atoms. The summed E-state index contributed by atoms with van der Waals surface area (Å²) in [5.41, 5.74) is 5.73. The zero-order valence-electron chi connectivity index (χ0n) is 13.9. The maximum absolute atomic E-state index is 11.8. The second-order valence-corrected chi connectivity index (χ2v) is 5.43. The molecule has 7 heteroatoms. The average molecular weight is 349 g/mol. The Balaban J connectivity index is 2.37. The quantitative estimate of drug-likeness (QED) is 0.305. The van der Waals surface area contributed by atoms with Gasteiger partial charge in [-0.25, -0.2) is 0 Å². The Morgan fingerprint density at radius 3 is 2.67 bits per heavy atom. The van der Waals surface area contributed by atoms with E-state index >= 15 is 0 Å². The van der Waals surface area contributed by atoms with Gasteiger partial charge in [0, 0.05) is 18.1 Å². The van der Waals surface area contributed by atoms with Crippen molar-refractivity contribution in [1.82, 2.24) is 16.2 Å². The molecule has 2 amide bonds. The number of carbonyl (C=O) groups excluding carboxylic acids is 2. The minimum absolute atomic E-state index is 0.0357. The van der Waals surface area contributed by atoms with E-state index in [1.165, 1.54) is 6.08 Å². The highest BCUT2D eigenvalue weighted by molar-refractivity contribution is 7.80. The molecule has 0 unspecified atom stereocenters. The molecule has 1 aromatic carbocycles. The number of hydrogen-bond donors (Lipinski definition) is 3. The number of hydrogen-bond acceptors (Lipinski definition) is 4. The minimum Gasteiger partial charge on any atom is -0.496 e. The van der Waals surface area contributed by atoms with Gasteiger partial charge >= 0.3 is 0 Å². The zero-order chi connectivity index (χ0) is 17.8. The van der Waals surface area contributed by atoms with E-state index < -0.39 is 5.91 Å². The van der Waals surface area contributed by atoms with Crippen molar-refractivity contribution in [2.45, 2.75) is 32.6 Å². The standard InChI is InChI=1S/C17H23N3O3S/c1-3-4-5-10-16(22)19-20-17(24)18-15(21)12-11-13-8-6-7-9-14(13)23-2/h6-9,11-12H,3-5,10H2,1-2H3,(H,19,22)(H2,18,20,21,24)/b12-11+. The predicted molar refractivity (Wildman–Crippen MR) is 98.2 cm³/mol. The molecule has 0 aliphatic heterocycles. The molecule has 1 rings (SSSR count). The number of hydrazine groups is 1. The topological polar surface area (TPSA) is 79.5 Å². The fraction of sp³-hybridized carbons (Fsp3) is 0.353. The van der Waals surface area contributed by atoms with Crippen LogP contribution in [0.25, 0.3) is 6.08 Å². The van der Waals surface area contributed by atoms with Gasteiger partial charge in [0.2, 0.25) is 11.8 Å². The SMILES string of the molecule is CCCCCC(=O)NNC(=S)NC(=O)/C=C/c1ccccc1OC. The average Bonchev–Trinajstić information content (AvgIpc) is 2.58. The minimum atomic E-state index is -0.404. The van der Waals surface area contributed by atoms with Crippen LogP contribution >= 0.6 is 12.2 Å². The van der Waals surface area contributed by atoms with Crippen molar-refractivity contribution in [3.8, 4) is 5.75 Å². The molecule has 0 aromatic heterocycles. The van der Waals surface area contributed by atoms with E-state index in [2.05, 4.69) is 23.1 Å². The van der Waals surface area contributed by atoms with E-state index in [1.54, 1.807) is 19.3 Å². The van der Waals surface area contributed by atoms with Crippen LogP contribution in [0, 0.1) is 0 Å². The third-order valence-corrected chi connectivity index (χ3v) is 3.32. The van der Waals surface area contributed by atoms with Crippen LogP contribution in [-0.2, 0) is 9.59 Å². The Morgan fingerprint density at radius 1 is 1.21 bits per heavy atom. The Hall–Kier alpha value is -2.41. The first kappa shape index (κ1) is 19.6. The van der Waals surface area contributed by atoms with E-state index in [0.717, 1.165) is 24.8 Å². The predicted octanol–water partition coefficient (Wildman–Crippen LogP) is 2.31. The van der Waals surface area contributed by atoms with Gasteiger partial charge in [0.05, 0.1) is 7.11 Å². The van der Waals surface area contributed by atoms with Crippen molar-refractivity contribution < 1.29 is 14.3 Å². The molecule has 0 saturated carbocycles. The lowest BCUT2D eigenvalue weighted by molar-refractivity contribution is -0.122. The first-order chi connectivity index (χ1) is 11.6. The van der Waals surface area contributed by atoms with E-state index in [-0.39, 0.29) is 11.0 Å². The molecule has 0 heterocycles. The molecule has 0 saturated heterocycles. The van der Waals surface area contributed by atoms with Gasteiger partial charge in [-0.2, -0.15) is 0 Å². The number of amides is 2. The highest BCUT2D eigenvalue weighted by atomic mass is 32.1. The molecule has 0 aliphatic carbocycles. The van der Waals surface area contributed by atoms with Crippen molar-refractivity contribution in [3.05, 3.63) is 35.9 Å². The van der Waals surface area contributed by atoms with E-state index in [0.29, 0.717) is 12.2 Å². The number of para-hydroxylation sites is 1. The number of nitrogens with one attached hydrogen (secondary N) is 3. The molecule has 0 radical (unpaired) electrons. The van der Waals surface area contributed by atoms with Crippen LogP contribution in [-0.4, -0.2) is 24.0 Å². The summed E-state index contributed by atoms with van der Waals surface area (Å²) in [4.78, 5) is 23.3. The van der Waals surface area contributed by atoms with Crippen LogP contribution < -0.4 is 20.9 Å². The number of rotatable bonds is 7. The molecule has 3 N–H and O–H groups in total. The number of benzene rings is 1. The molecular weight excluding hydrogens is 326 g/mol. The molecule has 24 heavy (non-hydrogen) atoms. The van der Waals surface area contributed by atoms with Crippen molar-refractivity contribution in [1.29, 1.82) is 0 Å². The summed E-state index contributed by atoms with van der Waals surface area (Å²) in [5.74, 6) is 0.102. The summed E-state index contributed by atoms with van der Waals surface area (Å²) in [5, 5.41) is 2.48. The van der Waals surface area contributed by atoms with Crippen molar-refractivity contribution in [3.63, 3.8) is 0 Å². The molecule has 0 aliphatic rings. The second kappa shape index (κ2) is 11.2. The lowest BCUT2D eigenvalue weighted by Gasteiger charge is -2.09. The van der Waals surface area contributed by atoms with Crippen LogP contribution in [0.4, 0.5) is 0 Å². The van der Waals surface area contributed by atoms with Crippen molar-refractivity contribution >= 4 is 35.2 Å². The summed E-state index contributed by atoms with van der Waals surface area (Å²) >= 11 is 4.95. The van der Waals surface area contributed by atoms with Gasteiger partial charge in [0.25, 0.3) is 0 Å². The number of ether oxygens (including phenoxy) is 1. The highest BCUT2D eigenvalue weighted by Gasteiger charge is 2.04. The molecule has 0 atom stereocenters. The van der Waals surface area contributed by atoms with Gasteiger partial charge < -0.3 is 4.74 Å². The largest absolute Gasteiger partial charge is 0.496 e. The van der Waals surface area contributed by atoms with E-state index in [4.69, 9.17) is 17.0 Å². The number of thiocarbonyl (C=S) groups is 1. The maximum Gasteiger partial charge on any atom is 0.250 e. The second-order valence-electron chi connectivity index (χ2n) is 5.02. The Morgan fingerprint density at radius 2 is 1.96 bits per heavy atom. The first-order valence-corrected chi connectivity index (χ1v) is 8.18. The van der Waals surface area contributed by atoms with Gasteiger partial charge in [0.1, 0.15) is 5.75 Å². The molecule has 0 fully saturated rings. The van der Waals surface area contributed by atoms with Crippen LogP contribution in [0.3, 0.4) is 0 Å². The number of methoxy groups -OCH3 is 1. The smallest absolute Gasteiger partial charge is 0.250 e. The monoisotopic (exact) mass is 349 g/mol. The van der Waals surface area contributed by atoms with Gasteiger partial charge in [-0.1, -0.05) is 38.0 Å². The molecular formula is C17H23N3O3S. The van der Waals surface area contributed by atoms with Crippen molar-refractivity contribution in [2.24, 2.45) is 0 Å². The maximum atomic E-state index is 11.8. The lowest BCUT2D eigenvalue weighted by atomic mass is 10.2. The lowest BCUT2D eigenvalue weighted by Crippen LogP contribution is -2.48. The molecule has 6 nitrogen and oxygen atoms in total. The number of carbonyl (C=O) groups is 2. The molecule has 1 aromatic rings. The fourth-order valence-electron chi connectivity index (χ4n) is 1.88. The third kappa shape index (κ3) is 7.73. The van der Waals surface area contributed by atoms with Gasteiger partial charge in [0.15, 0.2) is 5.11 Å². The number of unbranched alkanes of at least 4 members (excludes halogenated alkanes) is 2. The summed E-state index contributed by atoms with van der Waals surface area (Å²) < 4.78 is 5.20. The fourth-order valence-corrected chi connectivity index (χ4v) is 2.03. The molecule has 0 bridgehead atoms. The zero-order valence-corrected chi connectivity index (χ0v) is 14.7. The van der Waals surface area contributed by atoms with Crippen LogP contribution in [0.2, 0.25) is 0 Å². The van der Waals surface area contributed by atoms with E-state index in [9.17, 15) is 9.59 Å². The summed E-state index contributed by atoms with van der Waals surface area (Å²) in [7, 11) is 1.56. The third-order valence-electron chi connectivity index (χ3n) is 3.11. The van der Waals surface area contributed by atoms with Crippen LogP contribution in [0.1, 0.15) is 38.2 Å². The Bertz CT molecular complexity index is 602. The van der Waals surface area contributed by atoms with E-state index in [1.807, 2.05) is 18.2 Å². The summed E-state index contributed by atoms with van der Waals surface area (Å²) in [6.07, 6.45) is 6.26. The first-order valence-electron chi connectivity index (χ1n) is 7.77. The van der Waals surface area contributed by atoms with Crippen LogP contribution in [0.15, 0.2) is 30.3 Å². The summed E-state index contributed by atoms with van der Waals surface area (Å²) in [6.45, 7) is 2.07. The molecule has 130 valence electrons. The highest BCUT2D eigenvalue weighted by Crippen LogP contribution is 2.18. The van der Waals surface area contributed by atoms with Gasteiger partial charge in [-0.05, 0) is 30.8 Å². The Kier molecular flexibility index (Phi) is 9.14.